The van der Waals surface area contributed by atoms with Crippen molar-refractivity contribution in [1.29, 1.82) is 0 Å². The molecule has 0 radical (unpaired) electrons. The van der Waals surface area contributed by atoms with E-state index in [4.69, 9.17) is 5.73 Å². The van der Waals surface area contributed by atoms with E-state index < -0.39 is 4.92 Å². The second-order valence-corrected chi connectivity index (χ2v) is 4.24. The van der Waals surface area contributed by atoms with Gasteiger partial charge in [-0.25, -0.2) is 0 Å². The van der Waals surface area contributed by atoms with Gasteiger partial charge in [0.2, 0.25) is 0 Å². The van der Waals surface area contributed by atoms with Gasteiger partial charge in [-0.05, 0) is 24.0 Å². The lowest BCUT2D eigenvalue weighted by Crippen LogP contribution is -2.13. The number of rotatable bonds is 4. The van der Waals surface area contributed by atoms with Gasteiger partial charge < -0.3 is 10.8 Å². The molecule has 0 bridgehead atoms. The number of phenolic OH excluding ortho intramolecular Hbond substituents is 1. The molecule has 0 aliphatic rings. The predicted molar refractivity (Wildman–Crippen MR) is 68.4 cm³/mol. The monoisotopic (exact) mass is 260 g/mol. The van der Waals surface area contributed by atoms with Crippen molar-refractivity contribution < 1.29 is 10.0 Å². The molecule has 1 aromatic rings. The summed E-state index contributed by atoms with van der Waals surface area (Å²) in [7, 11) is 0. The van der Waals surface area contributed by atoms with E-state index in [-0.39, 0.29) is 29.9 Å². The lowest BCUT2D eigenvalue weighted by Gasteiger charge is -2.14. The molecule has 0 heterocycles. The number of nitrogens with two attached hydrogens (primary N) is 1. The molecule has 1 rings (SSSR count). The zero-order valence-electron chi connectivity index (χ0n) is 9.79. The molecule has 0 aliphatic carbocycles. The molecule has 0 aromatic heterocycles. The van der Waals surface area contributed by atoms with Gasteiger partial charge in [0.15, 0.2) is 5.75 Å². The molecule has 6 heteroatoms. The predicted octanol–water partition coefficient (Wildman–Crippen LogP) is 2.77. The van der Waals surface area contributed by atoms with E-state index in [1.165, 1.54) is 12.1 Å². The molecule has 0 saturated carbocycles. The highest BCUT2D eigenvalue weighted by Crippen LogP contribution is 2.29. The minimum Gasteiger partial charge on any atom is -0.502 e. The SMILES string of the molecule is CC(C)C[C@H](N)c1ccc(O)c([N+](=O)[O-])c1.Cl. The Kier molecular flexibility index (Phi) is 5.91. The first-order valence-corrected chi connectivity index (χ1v) is 5.14. The van der Waals surface area contributed by atoms with E-state index in [9.17, 15) is 15.2 Å². The number of benzene rings is 1. The van der Waals surface area contributed by atoms with Crippen molar-refractivity contribution in [2.45, 2.75) is 26.3 Å². The van der Waals surface area contributed by atoms with Crippen LogP contribution in [0.5, 0.6) is 5.75 Å². The van der Waals surface area contributed by atoms with E-state index in [0.717, 1.165) is 6.42 Å². The highest BCUT2D eigenvalue weighted by Gasteiger charge is 2.17. The summed E-state index contributed by atoms with van der Waals surface area (Å²) < 4.78 is 0. The molecule has 0 spiro atoms. The van der Waals surface area contributed by atoms with Gasteiger partial charge in [0.05, 0.1) is 4.92 Å². The summed E-state index contributed by atoms with van der Waals surface area (Å²) in [4.78, 5) is 10.0. The van der Waals surface area contributed by atoms with Crippen LogP contribution in [0.3, 0.4) is 0 Å². The maximum absolute atomic E-state index is 10.6. The summed E-state index contributed by atoms with van der Waals surface area (Å²) in [6.45, 7) is 4.07. The Morgan fingerprint density at radius 1 is 1.47 bits per heavy atom. The van der Waals surface area contributed by atoms with Crippen LogP contribution in [-0.4, -0.2) is 10.0 Å². The second kappa shape index (κ2) is 6.42. The van der Waals surface area contributed by atoms with Crippen LogP contribution in [0.1, 0.15) is 31.9 Å². The smallest absolute Gasteiger partial charge is 0.311 e. The van der Waals surface area contributed by atoms with Crippen LogP contribution >= 0.6 is 12.4 Å². The van der Waals surface area contributed by atoms with E-state index in [0.29, 0.717) is 11.5 Å². The fourth-order valence-corrected chi connectivity index (χ4v) is 1.56. The molecular formula is C11H17ClN2O3. The largest absolute Gasteiger partial charge is 0.502 e. The number of hydrogen-bond donors (Lipinski definition) is 2. The van der Waals surface area contributed by atoms with Gasteiger partial charge in [-0.1, -0.05) is 19.9 Å². The van der Waals surface area contributed by atoms with Gasteiger partial charge in [0.1, 0.15) is 0 Å². The van der Waals surface area contributed by atoms with Crippen molar-refractivity contribution in [2.24, 2.45) is 11.7 Å². The number of aromatic hydroxyl groups is 1. The van der Waals surface area contributed by atoms with E-state index >= 15 is 0 Å². The number of halogens is 1. The standard InChI is InChI=1S/C11H16N2O3.ClH/c1-7(2)5-9(12)8-3-4-11(14)10(6-8)13(15)16;/h3-4,6-7,9,14H,5,12H2,1-2H3;1H/t9-;/m0./s1. The molecule has 0 fully saturated rings. The third-order valence-corrected chi connectivity index (χ3v) is 2.35. The number of phenols is 1. The average Bonchev–Trinajstić information content (AvgIpc) is 2.16. The lowest BCUT2D eigenvalue weighted by atomic mass is 9.97. The van der Waals surface area contributed by atoms with Crippen molar-refractivity contribution in [2.75, 3.05) is 0 Å². The molecule has 0 saturated heterocycles. The Morgan fingerprint density at radius 3 is 2.53 bits per heavy atom. The molecule has 0 aliphatic heterocycles. The van der Waals surface area contributed by atoms with Gasteiger partial charge in [0.25, 0.3) is 0 Å². The summed E-state index contributed by atoms with van der Waals surface area (Å²) in [5.74, 6) is 0.0911. The Labute approximate surface area is 106 Å². The maximum atomic E-state index is 10.6. The first kappa shape index (κ1) is 15.7. The van der Waals surface area contributed by atoms with Gasteiger partial charge in [-0.3, -0.25) is 10.1 Å². The maximum Gasteiger partial charge on any atom is 0.311 e. The van der Waals surface area contributed by atoms with Crippen molar-refractivity contribution in [3.05, 3.63) is 33.9 Å². The van der Waals surface area contributed by atoms with Gasteiger partial charge in [-0.2, -0.15) is 0 Å². The fraction of sp³-hybridized carbons (Fsp3) is 0.455. The zero-order valence-corrected chi connectivity index (χ0v) is 10.6. The van der Waals surface area contributed by atoms with Crippen molar-refractivity contribution in [3.8, 4) is 5.75 Å². The topological polar surface area (TPSA) is 89.4 Å². The molecule has 5 nitrogen and oxygen atoms in total. The first-order chi connectivity index (χ1) is 7.41. The molecule has 1 aromatic carbocycles. The van der Waals surface area contributed by atoms with Crippen LogP contribution in [0, 0.1) is 16.0 Å². The van der Waals surface area contributed by atoms with Gasteiger partial charge in [-0.15, -0.1) is 12.4 Å². The molecule has 0 amide bonds. The summed E-state index contributed by atoms with van der Waals surface area (Å²) >= 11 is 0. The highest BCUT2D eigenvalue weighted by atomic mass is 35.5. The highest BCUT2D eigenvalue weighted by molar-refractivity contribution is 5.85. The van der Waals surface area contributed by atoms with Crippen LogP contribution in [0.4, 0.5) is 5.69 Å². The Morgan fingerprint density at radius 2 is 2.06 bits per heavy atom. The second-order valence-electron chi connectivity index (χ2n) is 4.24. The van der Waals surface area contributed by atoms with Crippen LogP contribution in [0.15, 0.2) is 18.2 Å². The van der Waals surface area contributed by atoms with Gasteiger partial charge >= 0.3 is 5.69 Å². The summed E-state index contributed by atoms with van der Waals surface area (Å²) in [6.07, 6.45) is 0.752. The quantitative estimate of drug-likeness (QED) is 0.643. The Balaban J connectivity index is 0.00000256. The third-order valence-electron chi connectivity index (χ3n) is 2.35. The minimum absolute atomic E-state index is 0. The van der Waals surface area contributed by atoms with E-state index in [2.05, 4.69) is 0 Å². The number of nitro benzene ring substituents is 1. The van der Waals surface area contributed by atoms with Crippen LogP contribution < -0.4 is 5.73 Å². The zero-order chi connectivity index (χ0) is 12.3. The minimum atomic E-state index is -0.610. The van der Waals surface area contributed by atoms with Crippen LogP contribution in [0.25, 0.3) is 0 Å². The average molecular weight is 261 g/mol. The Hall–Kier alpha value is -1.33. The van der Waals surface area contributed by atoms with Crippen LogP contribution in [0.2, 0.25) is 0 Å². The number of nitro groups is 1. The molecule has 1 atom stereocenters. The Bertz CT molecular complexity index is 396. The molecule has 17 heavy (non-hydrogen) atoms. The third kappa shape index (κ3) is 4.20. The van der Waals surface area contributed by atoms with E-state index in [1.54, 1.807) is 6.07 Å². The van der Waals surface area contributed by atoms with Crippen LogP contribution in [-0.2, 0) is 0 Å². The number of nitrogens with zero attached hydrogens (tertiary/aromatic N) is 1. The van der Waals surface area contributed by atoms with Crippen molar-refractivity contribution in [3.63, 3.8) is 0 Å². The van der Waals surface area contributed by atoms with Crippen molar-refractivity contribution >= 4 is 18.1 Å². The normalized spacial score (nSPS) is 12.0. The summed E-state index contributed by atoms with van der Waals surface area (Å²) in [6, 6.07) is 4.03. The molecule has 96 valence electrons. The summed E-state index contributed by atoms with van der Waals surface area (Å²) in [5, 5.41) is 19.9. The van der Waals surface area contributed by atoms with E-state index in [1.807, 2.05) is 13.8 Å². The molecule has 0 unspecified atom stereocenters. The summed E-state index contributed by atoms with van der Waals surface area (Å²) in [5.41, 5.74) is 6.29. The molecular weight excluding hydrogens is 244 g/mol. The first-order valence-electron chi connectivity index (χ1n) is 5.14. The van der Waals surface area contributed by atoms with Crippen molar-refractivity contribution in [1.82, 2.24) is 0 Å². The lowest BCUT2D eigenvalue weighted by molar-refractivity contribution is -0.385. The fourth-order valence-electron chi connectivity index (χ4n) is 1.56. The molecule has 3 N–H and O–H groups in total. The number of hydrogen-bond acceptors (Lipinski definition) is 4. The van der Waals surface area contributed by atoms with Gasteiger partial charge in [0, 0.05) is 12.1 Å².